The van der Waals surface area contributed by atoms with Crippen molar-refractivity contribution in [2.75, 3.05) is 11.9 Å². The Hall–Kier alpha value is -2.14. The topological polar surface area (TPSA) is 67.2 Å². The Bertz CT molecular complexity index is 630. The molecule has 1 atom stereocenters. The molecule has 2 aromatic rings. The van der Waals surface area contributed by atoms with E-state index in [-0.39, 0.29) is 11.9 Å². The number of nitrogens with one attached hydrogen (secondary N) is 2. The van der Waals surface area contributed by atoms with Crippen molar-refractivity contribution in [3.8, 4) is 11.5 Å². The van der Waals surface area contributed by atoms with Crippen molar-refractivity contribution in [3.63, 3.8) is 0 Å². The molecule has 21 heavy (non-hydrogen) atoms. The van der Waals surface area contributed by atoms with Gasteiger partial charge in [-0.25, -0.2) is 4.98 Å². The first-order chi connectivity index (χ1) is 10.2. The first-order valence-electron chi connectivity index (χ1n) is 7.29. The SMILES string of the molecule is Cc1coc(-c2cccc(NC(=O)C3CCCCN3)c2)n1. The van der Waals surface area contributed by atoms with Gasteiger partial charge in [-0.2, -0.15) is 0 Å². The minimum Gasteiger partial charge on any atom is -0.444 e. The molecule has 1 aliphatic heterocycles. The molecule has 5 nitrogen and oxygen atoms in total. The van der Waals surface area contributed by atoms with Gasteiger partial charge in [-0.3, -0.25) is 4.79 Å². The first-order valence-corrected chi connectivity index (χ1v) is 7.29. The fourth-order valence-electron chi connectivity index (χ4n) is 2.52. The van der Waals surface area contributed by atoms with Crippen LogP contribution in [0.2, 0.25) is 0 Å². The third-order valence-corrected chi connectivity index (χ3v) is 3.62. The van der Waals surface area contributed by atoms with E-state index >= 15 is 0 Å². The molecule has 1 amide bonds. The van der Waals surface area contributed by atoms with Crippen molar-refractivity contribution in [1.82, 2.24) is 10.3 Å². The third-order valence-electron chi connectivity index (χ3n) is 3.62. The van der Waals surface area contributed by atoms with Crippen molar-refractivity contribution in [2.45, 2.75) is 32.2 Å². The summed E-state index contributed by atoms with van der Waals surface area (Å²) in [5, 5.41) is 6.20. The number of carbonyl (C=O) groups excluding carboxylic acids is 1. The van der Waals surface area contributed by atoms with Crippen molar-refractivity contribution in [1.29, 1.82) is 0 Å². The number of anilines is 1. The monoisotopic (exact) mass is 285 g/mol. The van der Waals surface area contributed by atoms with Crippen LogP contribution in [0.4, 0.5) is 5.69 Å². The number of benzene rings is 1. The number of piperidine rings is 1. The summed E-state index contributed by atoms with van der Waals surface area (Å²) in [7, 11) is 0. The summed E-state index contributed by atoms with van der Waals surface area (Å²) in [6.07, 6.45) is 4.75. The average Bonchev–Trinajstić information content (AvgIpc) is 2.95. The van der Waals surface area contributed by atoms with Gasteiger partial charge in [0.25, 0.3) is 0 Å². The first kappa shape index (κ1) is 13.8. The maximum Gasteiger partial charge on any atom is 0.241 e. The van der Waals surface area contributed by atoms with Crippen molar-refractivity contribution >= 4 is 11.6 Å². The Balaban J connectivity index is 1.72. The average molecular weight is 285 g/mol. The quantitative estimate of drug-likeness (QED) is 0.910. The molecule has 1 aromatic carbocycles. The Kier molecular flexibility index (Phi) is 4.01. The molecule has 2 N–H and O–H groups in total. The number of aryl methyl sites for hydroxylation is 1. The fraction of sp³-hybridized carbons (Fsp3) is 0.375. The molecular formula is C16H19N3O2. The van der Waals surface area contributed by atoms with Crippen molar-refractivity contribution in [3.05, 3.63) is 36.2 Å². The molecule has 0 radical (unpaired) electrons. The highest BCUT2D eigenvalue weighted by Gasteiger charge is 2.20. The van der Waals surface area contributed by atoms with Crippen molar-refractivity contribution in [2.24, 2.45) is 0 Å². The van der Waals surface area contributed by atoms with E-state index in [0.717, 1.165) is 42.8 Å². The van der Waals surface area contributed by atoms with E-state index in [9.17, 15) is 4.79 Å². The number of rotatable bonds is 3. The number of amides is 1. The number of aromatic nitrogens is 1. The number of carbonyl (C=O) groups is 1. The normalized spacial score (nSPS) is 18.4. The number of hydrogen-bond acceptors (Lipinski definition) is 4. The van der Waals surface area contributed by atoms with Gasteiger partial charge >= 0.3 is 0 Å². The van der Waals surface area contributed by atoms with Gasteiger partial charge in [0.1, 0.15) is 6.26 Å². The van der Waals surface area contributed by atoms with E-state index in [1.54, 1.807) is 6.26 Å². The molecule has 0 aliphatic carbocycles. The minimum atomic E-state index is -0.0913. The predicted octanol–water partition coefficient (Wildman–Crippen LogP) is 2.73. The maximum atomic E-state index is 12.2. The Morgan fingerprint density at radius 1 is 1.43 bits per heavy atom. The molecule has 1 fully saturated rings. The Labute approximate surface area is 123 Å². The highest BCUT2D eigenvalue weighted by Crippen LogP contribution is 2.22. The van der Waals surface area contributed by atoms with Gasteiger partial charge in [-0.1, -0.05) is 12.5 Å². The van der Waals surface area contributed by atoms with Gasteiger partial charge in [0.05, 0.1) is 11.7 Å². The van der Waals surface area contributed by atoms with E-state index in [4.69, 9.17) is 4.42 Å². The van der Waals surface area contributed by atoms with E-state index in [1.165, 1.54) is 0 Å². The zero-order valence-corrected chi connectivity index (χ0v) is 12.1. The lowest BCUT2D eigenvalue weighted by atomic mass is 10.0. The van der Waals surface area contributed by atoms with Crippen LogP contribution in [-0.4, -0.2) is 23.5 Å². The van der Waals surface area contributed by atoms with E-state index in [0.29, 0.717) is 5.89 Å². The molecule has 110 valence electrons. The fourth-order valence-corrected chi connectivity index (χ4v) is 2.52. The van der Waals surface area contributed by atoms with Crippen LogP contribution in [0.1, 0.15) is 25.0 Å². The van der Waals surface area contributed by atoms with Crippen LogP contribution in [0.3, 0.4) is 0 Å². The van der Waals surface area contributed by atoms with Gasteiger partial charge in [0.15, 0.2) is 0 Å². The second kappa shape index (κ2) is 6.10. The second-order valence-corrected chi connectivity index (χ2v) is 5.37. The molecule has 1 aliphatic rings. The summed E-state index contributed by atoms with van der Waals surface area (Å²) in [6.45, 7) is 2.79. The summed E-state index contributed by atoms with van der Waals surface area (Å²) in [4.78, 5) is 16.5. The Morgan fingerprint density at radius 3 is 3.05 bits per heavy atom. The number of nitrogens with zero attached hydrogens (tertiary/aromatic N) is 1. The molecule has 3 rings (SSSR count). The standard InChI is InChI=1S/C16H19N3O2/c1-11-10-21-16(18-11)12-5-4-6-13(9-12)19-15(20)14-7-2-3-8-17-14/h4-6,9-10,14,17H,2-3,7-8H2,1H3,(H,19,20). The number of hydrogen-bond donors (Lipinski definition) is 2. The largest absolute Gasteiger partial charge is 0.444 e. The second-order valence-electron chi connectivity index (χ2n) is 5.37. The van der Waals surface area contributed by atoms with Crippen LogP contribution in [0, 0.1) is 6.92 Å². The van der Waals surface area contributed by atoms with Crippen LogP contribution in [0.5, 0.6) is 0 Å². The van der Waals surface area contributed by atoms with E-state index < -0.39 is 0 Å². The van der Waals surface area contributed by atoms with Gasteiger partial charge in [-0.05, 0) is 44.5 Å². The summed E-state index contributed by atoms with van der Waals surface area (Å²) >= 11 is 0. The molecule has 1 saturated heterocycles. The Morgan fingerprint density at radius 2 is 2.33 bits per heavy atom. The van der Waals surface area contributed by atoms with Crippen LogP contribution >= 0.6 is 0 Å². The predicted molar refractivity (Wildman–Crippen MR) is 80.9 cm³/mol. The van der Waals surface area contributed by atoms with Gasteiger partial charge < -0.3 is 15.1 Å². The summed E-state index contributed by atoms with van der Waals surface area (Å²) < 4.78 is 5.39. The molecule has 0 spiro atoms. The van der Waals surface area contributed by atoms with Crippen molar-refractivity contribution < 1.29 is 9.21 Å². The van der Waals surface area contributed by atoms with Gasteiger partial charge in [-0.15, -0.1) is 0 Å². The van der Waals surface area contributed by atoms with Crippen LogP contribution in [0.15, 0.2) is 34.9 Å². The van der Waals surface area contributed by atoms with Gasteiger partial charge in [0.2, 0.25) is 11.8 Å². The van der Waals surface area contributed by atoms with E-state index in [2.05, 4.69) is 15.6 Å². The summed E-state index contributed by atoms with van der Waals surface area (Å²) in [5.41, 5.74) is 2.46. The molecule has 0 bridgehead atoms. The summed E-state index contributed by atoms with van der Waals surface area (Å²) in [5.74, 6) is 0.592. The minimum absolute atomic E-state index is 0.0236. The lowest BCUT2D eigenvalue weighted by Crippen LogP contribution is -2.43. The van der Waals surface area contributed by atoms with Crippen LogP contribution in [-0.2, 0) is 4.79 Å². The maximum absolute atomic E-state index is 12.2. The van der Waals surface area contributed by atoms with E-state index in [1.807, 2.05) is 31.2 Å². The molecule has 5 heteroatoms. The number of oxazole rings is 1. The molecule has 1 aromatic heterocycles. The van der Waals surface area contributed by atoms with Crippen LogP contribution in [0.25, 0.3) is 11.5 Å². The molecule has 0 saturated carbocycles. The molecule has 2 heterocycles. The van der Waals surface area contributed by atoms with Crippen LogP contribution < -0.4 is 10.6 Å². The lowest BCUT2D eigenvalue weighted by molar-refractivity contribution is -0.118. The lowest BCUT2D eigenvalue weighted by Gasteiger charge is -2.22. The smallest absolute Gasteiger partial charge is 0.241 e. The molecule has 1 unspecified atom stereocenters. The zero-order chi connectivity index (χ0) is 14.7. The zero-order valence-electron chi connectivity index (χ0n) is 12.1. The summed E-state index contributed by atoms with van der Waals surface area (Å²) in [6, 6.07) is 7.47. The highest BCUT2D eigenvalue weighted by atomic mass is 16.3. The van der Waals surface area contributed by atoms with Gasteiger partial charge in [0, 0.05) is 11.3 Å². The molecular weight excluding hydrogens is 266 g/mol. The highest BCUT2D eigenvalue weighted by molar-refractivity contribution is 5.95. The third kappa shape index (κ3) is 3.31.